The van der Waals surface area contributed by atoms with Gasteiger partial charge in [-0.05, 0) is 36.2 Å². The summed E-state index contributed by atoms with van der Waals surface area (Å²) in [5.41, 5.74) is 2.44. The number of aryl methyl sites for hydroxylation is 1. The minimum Gasteiger partial charge on any atom is -0.497 e. The Morgan fingerprint density at radius 1 is 1.07 bits per heavy atom. The van der Waals surface area contributed by atoms with Crippen LogP contribution in [0.4, 0.5) is 13.2 Å². The van der Waals surface area contributed by atoms with Crippen LogP contribution in [-0.4, -0.2) is 32.9 Å². The minimum atomic E-state index is -4.39. The van der Waals surface area contributed by atoms with Gasteiger partial charge in [0.15, 0.2) is 12.6 Å². The Morgan fingerprint density at radius 3 is 2.45 bits per heavy atom. The van der Waals surface area contributed by atoms with Crippen LogP contribution in [0.15, 0.2) is 47.5 Å². The zero-order valence-corrected chi connectivity index (χ0v) is 18.8. The third-order valence-corrected chi connectivity index (χ3v) is 3.88. The van der Waals surface area contributed by atoms with Crippen LogP contribution in [0.5, 0.6) is 11.5 Å². The highest BCUT2D eigenvalue weighted by atomic mass is 127. The van der Waals surface area contributed by atoms with Crippen LogP contribution in [0.3, 0.4) is 0 Å². The monoisotopic (exact) mass is 523 g/mol. The highest BCUT2D eigenvalue weighted by Crippen LogP contribution is 2.23. The number of rotatable bonds is 7. The number of guanidine groups is 1. The molecule has 0 saturated heterocycles. The van der Waals surface area contributed by atoms with Gasteiger partial charge < -0.3 is 20.1 Å². The molecule has 0 amide bonds. The topological polar surface area (TPSA) is 54.9 Å². The van der Waals surface area contributed by atoms with Crippen molar-refractivity contribution in [3.63, 3.8) is 0 Å². The molecule has 0 unspecified atom stereocenters. The Kier molecular flexibility index (Phi) is 10.1. The van der Waals surface area contributed by atoms with Gasteiger partial charge in [-0.1, -0.05) is 24.3 Å². The highest BCUT2D eigenvalue weighted by molar-refractivity contribution is 14.0. The number of alkyl halides is 3. The average Bonchev–Trinajstić information content (AvgIpc) is 2.67. The minimum absolute atomic E-state index is 0. The van der Waals surface area contributed by atoms with E-state index in [1.54, 1.807) is 33.2 Å². The lowest BCUT2D eigenvalue weighted by atomic mass is 10.1. The van der Waals surface area contributed by atoms with Crippen molar-refractivity contribution < 1.29 is 22.6 Å². The van der Waals surface area contributed by atoms with E-state index in [2.05, 4.69) is 15.6 Å². The summed E-state index contributed by atoms with van der Waals surface area (Å²) in [5.74, 6) is 1.48. The molecule has 0 fully saturated rings. The number of hydrogen-bond donors (Lipinski definition) is 2. The van der Waals surface area contributed by atoms with Crippen LogP contribution >= 0.6 is 24.0 Å². The molecular formula is C20H25F3IN3O2. The molecule has 0 atom stereocenters. The van der Waals surface area contributed by atoms with E-state index < -0.39 is 12.8 Å². The van der Waals surface area contributed by atoms with Gasteiger partial charge in [-0.2, -0.15) is 13.2 Å². The summed E-state index contributed by atoms with van der Waals surface area (Å²) in [4.78, 5) is 4.14. The van der Waals surface area contributed by atoms with E-state index in [0.29, 0.717) is 18.1 Å². The van der Waals surface area contributed by atoms with Crippen molar-refractivity contribution in [3.05, 3.63) is 59.2 Å². The summed E-state index contributed by atoms with van der Waals surface area (Å²) >= 11 is 0. The molecule has 160 valence electrons. The fourth-order valence-corrected chi connectivity index (χ4v) is 2.47. The number of halogens is 4. The smallest absolute Gasteiger partial charge is 0.422 e. The molecule has 2 aromatic carbocycles. The first-order valence-corrected chi connectivity index (χ1v) is 8.67. The molecule has 2 rings (SSSR count). The van der Waals surface area contributed by atoms with Crippen molar-refractivity contribution in [2.24, 2.45) is 4.99 Å². The van der Waals surface area contributed by atoms with Crippen LogP contribution < -0.4 is 20.1 Å². The highest BCUT2D eigenvalue weighted by Gasteiger charge is 2.28. The molecule has 0 spiro atoms. The fraction of sp³-hybridized carbons (Fsp3) is 0.350. The fourth-order valence-electron chi connectivity index (χ4n) is 2.47. The second-order valence-electron chi connectivity index (χ2n) is 6.15. The third-order valence-electron chi connectivity index (χ3n) is 3.88. The summed E-state index contributed by atoms with van der Waals surface area (Å²) in [5, 5.41) is 6.24. The molecule has 2 aromatic rings. The summed E-state index contributed by atoms with van der Waals surface area (Å²) in [6, 6.07) is 12.8. The normalized spacial score (nSPS) is 11.4. The summed E-state index contributed by atoms with van der Waals surface area (Å²) < 4.78 is 47.6. The van der Waals surface area contributed by atoms with Crippen molar-refractivity contribution in [2.45, 2.75) is 26.2 Å². The van der Waals surface area contributed by atoms with E-state index in [1.165, 1.54) is 0 Å². The number of nitrogens with zero attached hydrogens (tertiary/aromatic N) is 1. The lowest BCUT2D eigenvalue weighted by Crippen LogP contribution is -2.36. The van der Waals surface area contributed by atoms with Crippen molar-refractivity contribution in [2.75, 3.05) is 20.8 Å². The van der Waals surface area contributed by atoms with Gasteiger partial charge in [0.1, 0.15) is 11.5 Å². The summed E-state index contributed by atoms with van der Waals surface area (Å²) in [6.07, 6.45) is -4.39. The molecule has 0 saturated carbocycles. The molecule has 5 nitrogen and oxygen atoms in total. The van der Waals surface area contributed by atoms with E-state index in [-0.39, 0.29) is 36.3 Å². The van der Waals surface area contributed by atoms with Gasteiger partial charge in [-0.3, -0.25) is 4.99 Å². The first-order chi connectivity index (χ1) is 13.3. The quantitative estimate of drug-likeness (QED) is 0.321. The Labute approximate surface area is 185 Å². The molecule has 0 aliphatic rings. The molecule has 29 heavy (non-hydrogen) atoms. The Balaban J connectivity index is 0.00000420. The van der Waals surface area contributed by atoms with Crippen LogP contribution in [0.1, 0.15) is 16.7 Å². The molecule has 0 radical (unpaired) electrons. The molecule has 0 aliphatic carbocycles. The molecule has 0 aliphatic heterocycles. The maximum absolute atomic E-state index is 12.5. The Bertz CT molecular complexity index is 814. The van der Waals surface area contributed by atoms with Crippen LogP contribution in [0, 0.1) is 6.92 Å². The lowest BCUT2D eigenvalue weighted by Gasteiger charge is -2.16. The van der Waals surface area contributed by atoms with E-state index in [0.717, 1.165) is 16.9 Å². The van der Waals surface area contributed by atoms with E-state index in [4.69, 9.17) is 9.47 Å². The summed E-state index contributed by atoms with van der Waals surface area (Å²) in [7, 11) is 3.23. The zero-order valence-electron chi connectivity index (χ0n) is 16.5. The van der Waals surface area contributed by atoms with E-state index >= 15 is 0 Å². The van der Waals surface area contributed by atoms with Gasteiger partial charge >= 0.3 is 6.18 Å². The third kappa shape index (κ3) is 8.80. The predicted molar refractivity (Wildman–Crippen MR) is 118 cm³/mol. The van der Waals surface area contributed by atoms with Crippen molar-refractivity contribution in [1.29, 1.82) is 0 Å². The van der Waals surface area contributed by atoms with Crippen LogP contribution in [-0.2, 0) is 13.1 Å². The van der Waals surface area contributed by atoms with Gasteiger partial charge in [-0.25, -0.2) is 0 Å². The van der Waals surface area contributed by atoms with E-state index in [9.17, 15) is 13.2 Å². The number of aliphatic imine (C=N–C) groups is 1. The lowest BCUT2D eigenvalue weighted by molar-refractivity contribution is -0.153. The standard InChI is InChI=1S/C20H24F3N3O2.HI/c1-14-7-8-16(18(9-14)28-13-20(21,22)23)12-26-19(24-2)25-11-15-5-4-6-17(10-15)27-3;/h4-10H,11-13H2,1-3H3,(H2,24,25,26);1H. The van der Waals surface area contributed by atoms with Gasteiger partial charge in [0.25, 0.3) is 0 Å². The number of nitrogens with one attached hydrogen (secondary N) is 2. The maximum atomic E-state index is 12.5. The number of ether oxygens (including phenoxy) is 2. The summed E-state index contributed by atoms with van der Waals surface area (Å²) in [6.45, 7) is 1.26. The van der Waals surface area contributed by atoms with Gasteiger partial charge in [-0.15, -0.1) is 24.0 Å². The molecule has 2 N–H and O–H groups in total. The second kappa shape index (κ2) is 11.7. The Hall–Kier alpha value is -2.17. The molecular weight excluding hydrogens is 498 g/mol. The maximum Gasteiger partial charge on any atom is 0.422 e. The number of hydrogen-bond acceptors (Lipinski definition) is 3. The average molecular weight is 523 g/mol. The van der Waals surface area contributed by atoms with Crippen molar-refractivity contribution in [3.8, 4) is 11.5 Å². The Morgan fingerprint density at radius 2 is 1.79 bits per heavy atom. The van der Waals surface area contributed by atoms with E-state index in [1.807, 2.05) is 30.3 Å². The van der Waals surface area contributed by atoms with Gasteiger partial charge in [0.2, 0.25) is 0 Å². The number of benzene rings is 2. The van der Waals surface area contributed by atoms with Gasteiger partial charge in [0.05, 0.1) is 7.11 Å². The van der Waals surface area contributed by atoms with Gasteiger partial charge in [0, 0.05) is 25.7 Å². The SMILES string of the molecule is CN=C(NCc1cccc(OC)c1)NCc1ccc(C)cc1OCC(F)(F)F.I. The molecule has 0 aromatic heterocycles. The second-order valence-corrected chi connectivity index (χ2v) is 6.15. The molecule has 9 heteroatoms. The molecule has 0 heterocycles. The zero-order chi connectivity index (χ0) is 20.6. The predicted octanol–water partition coefficient (Wildman–Crippen LogP) is 4.43. The van der Waals surface area contributed by atoms with Crippen LogP contribution in [0.25, 0.3) is 0 Å². The first kappa shape index (κ1) is 24.9. The largest absolute Gasteiger partial charge is 0.497 e. The van der Waals surface area contributed by atoms with Crippen LogP contribution in [0.2, 0.25) is 0 Å². The molecule has 0 bridgehead atoms. The van der Waals surface area contributed by atoms with Crippen molar-refractivity contribution >= 4 is 29.9 Å². The number of methoxy groups -OCH3 is 1. The van der Waals surface area contributed by atoms with Crippen molar-refractivity contribution in [1.82, 2.24) is 10.6 Å². The first-order valence-electron chi connectivity index (χ1n) is 8.67.